The molecule has 2 rings (SSSR count). The Hall–Kier alpha value is -1.79. The number of nitrogens with two attached hydrogens (primary N) is 1. The highest BCUT2D eigenvalue weighted by Gasteiger charge is 2.07. The summed E-state index contributed by atoms with van der Waals surface area (Å²) in [6.45, 7) is 1.97. The summed E-state index contributed by atoms with van der Waals surface area (Å²) in [6, 6.07) is 7.65. The lowest BCUT2D eigenvalue weighted by Gasteiger charge is -1.96. The lowest BCUT2D eigenvalue weighted by molar-refractivity contribution is 1.33. The number of rotatable bonds is 1. The van der Waals surface area contributed by atoms with Crippen LogP contribution in [-0.2, 0) is 0 Å². The molecule has 0 radical (unpaired) electrons. The number of hydrogen-bond donors (Lipinski definition) is 1. The predicted octanol–water partition coefficient (Wildman–Crippen LogP) is 2.68. The van der Waals surface area contributed by atoms with Crippen molar-refractivity contribution < 1.29 is 0 Å². The van der Waals surface area contributed by atoms with Crippen LogP contribution in [0.1, 0.15) is 10.6 Å². The molecule has 0 atom stereocenters. The molecule has 15 heavy (non-hydrogen) atoms. The van der Waals surface area contributed by atoms with E-state index >= 15 is 0 Å². The van der Waals surface area contributed by atoms with Crippen LogP contribution >= 0.6 is 11.3 Å². The Kier molecular flexibility index (Phi) is 2.44. The van der Waals surface area contributed by atoms with E-state index in [0.29, 0.717) is 0 Å². The van der Waals surface area contributed by atoms with Crippen molar-refractivity contribution in [3.63, 3.8) is 0 Å². The van der Waals surface area contributed by atoms with Crippen LogP contribution in [0.5, 0.6) is 0 Å². The van der Waals surface area contributed by atoms with Gasteiger partial charge in [-0.05, 0) is 25.0 Å². The summed E-state index contributed by atoms with van der Waals surface area (Å²) in [7, 11) is 0. The molecule has 0 aliphatic heterocycles. The first-order valence-corrected chi connectivity index (χ1v) is 5.32. The Morgan fingerprint density at radius 2 is 2.27 bits per heavy atom. The van der Waals surface area contributed by atoms with Gasteiger partial charge in [0.15, 0.2) is 0 Å². The summed E-state index contributed by atoms with van der Waals surface area (Å²) in [5, 5.41) is 0.924. The molecule has 0 unspecified atom stereocenters. The van der Waals surface area contributed by atoms with E-state index in [1.165, 1.54) is 0 Å². The van der Waals surface area contributed by atoms with E-state index < -0.39 is 0 Å². The van der Waals surface area contributed by atoms with E-state index in [1.54, 1.807) is 11.3 Å². The molecule has 0 amide bonds. The molecule has 0 spiro atoms. The fraction of sp³-hybridized carbons (Fsp3) is 0.0833. The van der Waals surface area contributed by atoms with Crippen molar-refractivity contribution in [3.8, 4) is 22.9 Å². The number of anilines is 1. The topological polar surface area (TPSA) is 38.9 Å². The van der Waals surface area contributed by atoms with Crippen LogP contribution < -0.4 is 5.73 Å². The number of nitrogen functional groups attached to an aromatic ring is 1. The predicted molar refractivity (Wildman–Crippen MR) is 64.6 cm³/mol. The molecule has 0 fully saturated rings. The van der Waals surface area contributed by atoms with Crippen molar-refractivity contribution in [3.05, 3.63) is 34.8 Å². The van der Waals surface area contributed by atoms with Crippen molar-refractivity contribution >= 4 is 17.0 Å². The second-order valence-electron chi connectivity index (χ2n) is 3.19. The minimum absolute atomic E-state index is 0.720. The number of aryl methyl sites for hydroxylation is 1. The summed E-state index contributed by atoms with van der Waals surface area (Å²) >= 11 is 1.59. The van der Waals surface area contributed by atoms with Gasteiger partial charge in [0.1, 0.15) is 10.7 Å². The van der Waals surface area contributed by atoms with Gasteiger partial charge in [-0.3, -0.25) is 0 Å². The van der Waals surface area contributed by atoms with Gasteiger partial charge in [0, 0.05) is 16.1 Å². The van der Waals surface area contributed by atoms with Crippen molar-refractivity contribution in [2.45, 2.75) is 6.92 Å². The molecule has 0 saturated carbocycles. The third-order valence-electron chi connectivity index (χ3n) is 2.07. The average Bonchev–Trinajstić information content (AvgIpc) is 2.60. The smallest absolute Gasteiger partial charge is 0.127 e. The Balaban J connectivity index is 2.51. The quantitative estimate of drug-likeness (QED) is 0.585. The molecule has 2 aromatic rings. The third kappa shape index (κ3) is 1.85. The number of aromatic nitrogens is 1. The molecule has 2 nitrogen and oxygen atoms in total. The second kappa shape index (κ2) is 3.76. The minimum atomic E-state index is 0.720. The van der Waals surface area contributed by atoms with Crippen LogP contribution in [0.4, 0.5) is 5.69 Å². The Morgan fingerprint density at radius 1 is 1.47 bits per heavy atom. The molecule has 74 valence electrons. The first kappa shape index (κ1) is 9.75. The molecule has 1 heterocycles. The molecule has 2 N–H and O–H groups in total. The van der Waals surface area contributed by atoms with Gasteiger partial charge in [-0.1, -0.05) is 12.1 Å². The maximum Gasteiger partial charge on any atom is 0.127 e. The van der Waals surface area contributed by atoms with Crippen LogP contribution in [0.15, 0.2) is 24.3 Å². The number of thiazole rings is 1. The van der Waals surface area contributed by atoms with E-state index in [-0.39, 0.29) is 0 Å². The number of nitrogens with zero attached hydrogens (tertiary/aromatic N) is 1. The standard InChI is InChI=1S/C12H10N2S/c1-3-11-8(2)15-12(14-11)9-5-4-6-10(13)7-9/h1,4-7H,13H2,2H3. The molecule has 1 aromatic heterocycles. The number of benzene rings is 1. The van der Waals surface area contributed by atoms with E-state index in [0.717, 1.165) is 26.8 Å². The van der Waals surface area contributed by atoms with E-state index in [2.05, 4.69) is 10.9 Å². The second-order valence-corrected chi connectivity index (χ2v) is 4.40. The van der Waals surface area contributed by atoms with E-state index in [1.807, 2.05) is 31.2 Å². The molecule has 1 aromatic carbocycles. The molecule has 0 aliphatic carbocycles. The van der Waals surface area contributed by atoms with Crippen molar-refractivity contribution in [1.29, 1.82) is 0 Å². The van der Waals surface area contributed by atoms with E-state index in [9.17, 15) is 0 Å². The lowest BCUT2D eigenvalue weighted by Crippen LogP contribution is -1.84. The SMILES string of the molecule is C#Cc1nc(-c2cccc(N)c2)sc1C. The van der Waals surface area contributed by atoms with Gasteiger partial charge in [-0.2, -0.15) is 0 Å². The van der Waals surface area contributed by atoms with Gasteiger partial charge >= 0.3 is 0 Å². The normalized spacial score (nSPS) is 9.87. The molecular weight excluding hydrogens is 204 g/mol. The van der Waals surface area contributed by atoms with Crippen LogP contribution in [0.3, 0.4) is 0 Å². The van der Waals surface area contributed by atoms with Gasteiger partial charge in [0.2, 0.25) is 0 Å². The molecule has 3 heteroatoms. The monoisotopic (exact) mass is 214 g/mol. The summed E-state index contributed by atoms with van der Waals surface area (Å²) in [5.41, 5.74) is 8.19. The number of hydrogen-bond acceptors (Lipinski definition) is 3. The number of terminal acetylenes is 1. The largest absolute Gasteiger partial charge is 0.399 e. The Bertz CT molecular complexity index is 535. The summed E-state index contributed by atoms with van der Waals surface area (Å²) in [5.74, 6) is 2.57. The van der Waals surface area contributed by atoms with Gasteiger partial charge in [-0.25, -0.2) is 4.98 Å². The van der Waals surface area contributed by atoms with Crippen molar-refractivity contribution in [2.75, 3.05) is 5.73 Å². The zero-order chi connectivity index (χ0) is 10.8. The highest BCUT2D eigenvalue weighted by Crippen LogP contribution is 2.28. The molecule has 0 saturated heterocycles. The van der Waals surface area contributed by atoms with E-state index in [4.69, 9.17) is 12.2 Å². The third-order valence-corrected chi connectivity index (χ3v) is 3.09. The fourth-order valence-electron chi connectivity index (χ4n) is 1.33. The van der Waals surface area contributed by atoms with Crippen LogP contribution in [0, 0.1) is 19.3 Å². The van der Waals surface area contributed by atoms with Gasteiger partial charge < -0.3 is 5.73 Å². The minimum Gasteiger partial charge on any atom is -0.399 e. The highest BCUT2D eigenvalue weighted by molar-refractivity contribution is 7.15. The van der Waals surface area contributed by atoms with Gasteiger partial charge in [-0.15, -0.1) is 17.8 Å². The molecular formula is C12H10N2S. The van der Waals surface area contributed by atoms with Crippen LogP contribution in [0.2, 0.25) is 0 Å². The average molecular weight is 214 g/mol. The maximum atomic E-state index is 5.71. The highest BCUT2D eigenvalue weighted by atomic mass is 32.1. The molecule has 0 aliphatic rings. The maximum absolute atomic E-state index is 5.71. The lowest BCUT2D eigenvalue weighted by atomic mass is 10.2. The first-order chi connectivity index (χ1) is 7.20. The van der Waals surface area contributed by atoms with Crippen molar-refractivity contribution in [2.24, 2.45) is 0 Å². The Morgan fingerprint density at radius 3 is 2.87 bits per heavy atom. The Labute approximate surface area is 92.8 Å². The van der Waals surface area contributed by atoms with Crippen molar-refractivity contribution in [1.82, 2.24) is 4.98 Å². The first-order valence-electron chi connectivity index (χ1n) is 4.50. The zero-order valence-electron chi connectivity index (χ0n) is 8.32. The summed E-state index contributed by atoms with van der Waals surface area (Å²) in [6.07, 6.45) is 5.34. The summed E-state index contributed by atoms with van der Waals surface area (Å²) < 4.78 is 0. The zero-order valence-corrected chi connectivity index (χ0v) is 9.14. The molecule has 0 bridgehead atoms. The summed E-state index contributed by atoms with van der Waals surface area (Å²) in [4.78, 5) is 5.43. The van der Waals surface area contributed by atoms with Crippen LogP contribution in [0.25, 0.3) is 10.6 Å². The van der Waals surface area contributed by atoms with Gasteiger partial charge in [0.05, 0.1) is 0 Å². The van der Waals surface area contributed by atoms with Crippen LogP contribution in [-0.4, -0.2) is 4.98 Å². The fourth-order valence-corrected chi connectivity index (χ4v) is 2.20. The van der Waals surface area contributed by atoms with Gasteiger partial charge in [0.25, 0.3) is 0 Å².